The Bertz CT molecular complexity index is 357. The fraction of sp³-hybridized carbons (Fsp3) is 0.400. The van der Waals surface area contributed by atoms with Crippen molar-refractivity contribution in [1.82, 2.24) is 9.78 Å². The van der Waals surface area contributed by atoms with E-state index in [0.717, 1.165) is 5.69 Å². The first-order valence-corrected chi connectivity index (χ1v) is 4.12. The number of aryl methyl sites for hydroxylation is 1. The Morgan fingerprint density at radius 1 is 1.77 bits per heavy atom. The van der Waals surface area contributed by atoms with Crippen molar-refractivity contribution < 1.29 is 4.79 Å². The van der Waals surface area contributed by atoms with Crippen LogP contribution in [0.4, 0.5) is 0 Å². The van der Waals surface area contributed by atoms with Crippen LogP contribution in [0.15, 0.2) is 6.20 Å². The van der Waals surface area contributed by atoms with E-state index in [1.165, 1.54) is 0 Å². The summed E-state index contributed by atoms with van der Waals surface area (Å²) in [5, 5.41) is 3.99. The summed E-state index contributed by atoms with van der Waals surface area (Å²) in [4.78, 5) is 11.5. The van der Waals surface area contributed by atoms with Crippen LogP contribution in [-0.2, 0) is 7.05 Å². The van der Waals surface area contributed by atoms with Gasteiger partial charge in [0.15, 0.2) is 5.78 Å². The molecule has 0 aliphatic carbocycles. The highest BCUT2D eigenvalue weighted by molar-refractivity contribution is 5.96. The maximum Gasteiger partial charge on any atom is 0.167 e. The molecule has 0 aliphatic heterocycles. The Labute approximate surface area is 77.8 Å². The van der Waals surface area contributed by atoms with Crippen molar-refractivity contribution in [2.24, 2.45) is 7.05 Å². The molecule has 1 aromatic rings. The van der Waals surface area contributed by atoms with Crippen LogP contribution in [0.2, 0.25) is 0 Å². The number of hydrogen-bond acceptors (Lipinski definition) is 2. The largest absolute Gasteiger partial charge is 0.294 e. The second-order valence-corrected chi connectivity index (χ2v) is 2.89. The number of ketones is 1. The second kappa shape index (κ2) is 3.90. The van der Waals surface area contributed by atoms with Crippen LogP contribution < -0.4 is 0 Å². The quantitative estimate of drug-likeness (QED) is 0.514. The van der Waals surface area contributed by atoms with E-state index in [1.54, 1.807) is 10.9 Å². The molecule has 0 fully saturated rings. The molecule has 0 N–H and O–H groups in total. The minimum atomic E-state index is 0.0727. The number of carbonyl (C=O) groups excluding carboxylic acids is 1. The zero-order chi connectivity index (χ0) is 9.84. The third kappa shape index (κ3) is 1.97. The number of Topliss-reactive ketones (excluding diaryl/α,β-unsaturated/α-hetero) is 1. The Balaban J connectivity index is 2.78. The van der Waals surface area contributed by atoms with Gasteiger partial charge in [0.1, 0.15) is 0 Å². The number of terminal acetylenes is 1. The molecule has 0 spiro atoms. The van der Waals surface area contributed by atoms with Gasteiger partial charge >= 0.3 is 0 Å². The Hall–Kier alpha value is -1.56. The molecule has 0 atom stereocenters. The summed E-state index contributed by atoms with van der Waals surface area (Å²) in [6, 6.07) is 0. The van der Waals surface area contributed by atoms with Crippen molar-refractivity contribution in [3.05, 3.63) is 17.5 Å². The molecule has 3 heteroatoms. The minimum Gasteiger partial charge on any atom is -0.294 e. The van der Waals surface area contributed by atoms with Gasteiger partial charge in [-0.05, 0) is 6.92 Å². The van der Waals surface area contributed by atoms with Crippen molar-refractivity contribution in [2.75, 3.05) is 0 Å². The standard InChI is InChI=1S/C10H12N2O/c1-4-5-6-10(13)9-7-11-12(3)8(9)2/h1,7H,5-6H2,2-3H3. The first-order valence-electron chi connectivity index (χ1n) is 4.12. The summed E-state index contributed by atoms with van der Waals surface area (Å²) in [5.74, 6) is 2.52. The summed E-state index contributed by atoms with van der Waals surface area (Å²) in [5.41, 5.74) is 1.57. The first kappa shape index (κ1) is 9.53. The van der Waals surface area contributed by atoms with Crippen LogP contribution in [0.1, 0.15) is 28.9 Å². The topological polar surface area (TPSA) is 34.9 Å². The number of rotatable bonds is 3. The van der Waals surface area contributed by atoms with Crippen molar-refractivity contribution in [3.63, 3.8) is 0 Å². The summed E-state index contributed by atoms with van der Waals surface area (Å²) >= 11 is 0. The van der Waals surface area contributed by atoms with Gasteiger partial charge in [-0.1, -0.05) is 0 Å². The predicted octanol–water partition coefficient (Wildman–Crippen LogP) is 1.32. The van der Waals surface area contributed by atoms with E-state index in [9.17, 15) is 4.79 Å². The predicted molar refractivity (Wildman–Crippen MR) is 50.3 cm³/mol. The highest BCUT2D eigenvalue weighted by Crippen LogP contribution is 2.09. The molecule has 3 nitrogen and oxygen atoms in total. The van der Waals surface area contributed by atoms with Crippen LogP contribution in [0.5, 0.6) is 0 Å². The molecular weight excluding hydrogens is 164 g/mol. The number of aromatic nitrogens is 2. The van der Waals surface area contributed by atoms with Crippen LogP contribution in [0, 0.1) is 19.3 Å². The monoisotopic (exact) mass is 176 g/mol. The molecule has 0 saturated carbocycles. The Morgan fingerprint density at radius 2 is 2.46 bits per heavy atom. The van der Waals surface area contributed by atoms with Gasteiger partial charge in [-0.25, -0.2) is 0 Å². The van der Waals surface area contributed by atoms with Gasteiger partial charge in [0.2, 0.25) is 0 Å². The maximum atomic E-state index is 11.5. The third-order valence-electron chi connectivity index (χ3n) is 2.03. The molecule has 1 heterocycles. The SMILES string of the molecule is C#CCCC(=O)c1cnn(C)c1C. The van der Waals surface area contributed by atoms with Crippen molar-refractivity contribution >= 4 is 5.78 Å². The van der Waals surface area contributed by atoms with E-state index in [-0.39, 0.29) is 5.78 Å². The average molecular weight is 176 g/mol. The highest BCUT2D eigenvalue weighted by Gasteiger charge is 2.11. The van der Waals surface area contributed by atoms with Gasteiger partial charge in [0.25, 0.3) is 0 Å². The molecule has 0 unspecified atom stereocenters. The summed E-state index contributed by atoms with van der Waals surface area (Å²) in [6.07, 6.45) is 7.57. The summed E-state index contributed by atoms with van der Waals surface area (Å²) < 4.78 is 1.68. The van der Waals surface area contributed by atoms with Crippen molar-refractivity contribution in [1.29, 1.82) is 0 Å². The van der Waals surface area contributed by atoms with E-state index < -0.39 is 0 Å². The lowest BCUT2D eigenvalue weighted by Crippen LogP contribution is -2.01. The lowest BCUT2D eigenvalue weighted by atomic mass is 10.1. The van der Waals surface area contributed by atoms with Crippen LogP contribution >= 0.6 is 0 Å². The molecule has 0 saturated heterocycles. The zero-order valence-electron chi connectivity index (χ0n) is 7.87. The number of carbonyl (C=O) groups is 1. The number of hydrogen-bond donors (Lipinski definition) is 0. The molecule has 13 heavy (non-hydrogen) atoms. The minimum absolute atomic E-state index is 0.0727. The smallest absolute Gasteiger partial charge is 0.167 e. The fourth-order valence-electron chi connectivity index (χ4n) is 1.09. The van der Waals surface area contributed by atoms with Crippen LogP contribution in [0.25, 0.3) is 0 Å². The van der Waals surface area contributed by atoms with Gasteiger partial charge in [0.05, 0.1) is 11.8 Å². The zero-order valence-corrected chi connectivity index (χ0v) is 7.87. The fourth-order valence-corrected chi connectivity index (χ4v) is 1.09. The number of nitrogens with zero attached hydrogens (tertiary/aromatic N) is 2. The van der Waals surface area contributed by atoms with Gasteiger partial charge in [-0.3, -0.25) is 9.48 Å². The first-order chi connectivity index (χ1) is 6.16. The molecule has 0 amide bonds. The third-order valence-corrected chi connectivity index (χ3v) is 2.03. The van der Waals surface area contributed by atoms with E-state index in [4.69, 9.17) is 6.42 Å². The van der Waals surface area contributed by atoms with Crippen molar-refractivity contribution in [2.45, 2.75) is 19.8 Å². The highest BCUT2D eigenvalue weighted by atomic mass is 16.1. The Kier molecular flexibility index (Phi) is 2.86. The molecule has 0 aromatic carbocycles. The van der Waals surface area contributed by atoms with Gasteiger partial charge in [0, 0.05) is 25.6 Å². The van der Waals surface area contributed by atoms with Crippen molar-refractivity contribution in [3.8, 4) is 12.3 Å². The normalized spacial score (nSPS) is 9.62. The Morgan fingerprint density at radius 3 is 2.92 bits per heavy atom. The van der Waals surface area contributed by atoms with Gasteiger partial charge < -0.3 is 0 Å². The summed E-state index contributed by atoms with van der Waals surface area (Å²) in [6.45, 7) is 1.87. The van der Waals surface area contributed by atoms with E-state index in [1.807, 2.05) is 14.0 Å². The average Bonchev–Trinajstić information content (AvgIpc) is 2.44. The molecular formula is C10H12N2O. The van der Waals surface area contributed by atoms with E-state index in [2.05, 4.69) is 11.0 Å². The molecule has 0 radical (unpaired) electrons. The van der Waals surface area contributed by atoms with E-state index in [0.29, 0.717) is 18.4 Å². The second-order valence-electron chi connectivity index (χ2n) is 2.89. The lowest BCUT2D eigenvalue weighted by Gasteiger charge is -1.97. The molecule has 1 rings (SSSR count). The molecule has 1 aromatic heterocycles. The molecule has 68 valence electrons. The lowest BCUT2D eigenvalue weighted by molar-refractivity contribution is 0.0983. The van der Waals surface area contributed by atoms with Gasteiger partial charge in [-0.2, -0.15) is 5.10 Å². The molecule has 0 bridgehead atoms. The molecule has 0 aliphatic rings. The van der Waals surface area contributed by atoms with Crippen LogP contribution in [-0.4, -0.2) is 15.6 Å². The van der Waals surface area contributed by atoms with Crippen LogP contribution in [0.3, 0.4) is 0 Å². The summed E-state index contributed by atoms with van der Waals surface area (Å²) in [7, 11) is 1.81. The van der Waals surface area contributed by atoms with Gasteiger partial charge in [-0.15, -0.1) is 12.3 Å². The van der Waals surface area contributed by atoms with E-state index >= 15 is 0 Å². The maximum absolute atomic E-state index is 11.5.